The van der Waals surface area contributed by atoms with Crippen LogP contribution in [-0.4, -0.2) is 23.0 Å². The molecule has 16 heavy (non-hydrogen) atoms. The minimum atomic E-state index is 0.413. The maximum absolute atomic E-state index is 4.45. The van der Waals surface area contributed by atoms with Crippen molar-refractivity contribution in [2.24, 2.45) is 0 Å². The number of nitrogens with one attached hydrogen (secondary N) is 1. The highest BCUT2D eigenvalue weighted by atomic mass is 32.2. The Balaban J connectivity index is 2.32. The van der Waals surface area contributed by atoms with E-state index in [1.165, 1.54) is 10.6 Å². The van der Waals surface area contributed by atoms with Crippen LogP contribution in [0.15, 0.2) is 12.7 Å². The SMILES string of the molecule is C=CCSCCNC(C)c1sc(C)nc1C. The molecular weight excluding hydrogens is 236 g/mol. The predicted octanol–water partition coefficient (Wildman–Crippen LogP) is 3.33. The van der Waals surface area contributed by atoms with E-state index in [1.54, 1.807) is 11.3 Å². The molecule has 1 unspecified atom stereocenters. The molecule has 2 nitrogen and oxygen atoms in total. The van der Waals surface area contributed by atoms with Gasteiger partial charge in [0.25, 0.3) is 0 Å². The van der Waals surface area contributed by atoms with Crippen molar-refractivity contribution in [3.63, 3.8) is 0 Å². The summed E-state index contributed by atoms with van der Waals surface area (Å²) in [5.41, 5.74) is 1.17. The molecule has 0 radical (unpaired) electrons. The highest BCUT2D eigenvalue weighted by Crippen LogP contribution is 2.24. The van der Waals surface area contributed by atoms with E-state index in [4.69, 9.17) is 0 Å². The number of thiazole rings is 1. The molecule has 1 rings (SSSR count). The van der Waals surface area contributed by atoms with E-state index in [9.17, 15) is 0 Å². The zero-order chi connectivity index (χ0) is 12.0. The summed E-state index contributed by atoms with van der Waals surface area (Å²) in [6.07, 6.45) is 1.95. The van der Waals surface area contributed by atoms with Gasteiger partial charge in [0.2, 0.25) is 0 Å². The van der Waals surface area contributed by atoms with Gasteiger partial charge in [0.1, 0.15) is 0 Å². The van der Waals surface area contributed by atoms with Gasteiger partial charge in [-0.1, -0.05) is 6.08 Å². The fraction of sp³-hybridized carbons (Fsp3) is 0.583. The minimum absolute atomic E-state index is 0.413. The highest BCUT2D eigenvalue weighted by molar-refractivity contribution is 7.99. The van der Waals surface area contributed by atoms with Crippen molar-refractivity contribution in [1.29, 1.82) is 0 Å². The van der Waals surface area contributed by atoms with Crippen LogP contribution in [0.4, 0.5) is 0 Å². The monoisotopic (exact) mass is 256 g/mol. The van der Waals surface area contributed by atoms with E-state index in [1.807, 2.05) is 17.8 Å². The van der Waals surface area contributed by atoms with Gasteiger partial charge in [0.05, 0.1) is 10.7 Å². The lowest BCUT2D eigenvalue weighted by Crippen LogP contribution is -2.21. The number of aromatic nitrogens is 1. The molecule has 1 heterocycles. The van der Waals surface area contributed by atoms with Crippen LogP contribution in [-0.2, 0) is 0 Å². The Kier molecular flexibility index (Phi) is 6.09. The van der Waals surface area contributed by atoms with Crippen LogP contribution in [0.25, 0.3) is 0 Å². The van der Waals surface area contributed by atoms with Crippen LogP contribution in [0.1, 0.15) is 28.5 Å². The molecule has 4 heteroatoms. The average molecular weight is 256 g/mol. The third-order valence-corrected chi connectivity index (χ3v) is 4.49. The van der Waals surface area contributed by atoms with Crippen LogP contribution in [0.5, 0.6) is 0 Å². The summed E-state index contributed by atoms with van der Waals surface area (Å²) in [4.78, 5) is 5.82. The summed E-state index contributed by atoms with van der Waals surface area (Å²) in [7, 11) is 0. The Labute approximate surface area is 107 Å². The van der Waals surface area contributed by atoms with E-state index in [-0.39, 0.29) is 0 Å². The van der Waals surface area contributed by atoms with Gasteiger partial charge in [-0.3, -0.25) is 0 Å². The van der Waals surface area contributed by atoms with Gasteiger partial charge in [-0.25, -0.2) is 4.98 Å². The first-order valence-electron chi connectivity index (χ1n) is 5.51. The molecule has 0 aromatic carbocycles. The van der Waals surface area contributed by atoms with Gasteiger partial charge in [0.15, 0.2) is 0 Å². The lowest BCUT2D eigenvalue weighted by molar-refractivity contribution is 0.606. The quantitative estimate of drug-likeness (QED) is 0.598. The number of aryl methyl sites for hydroxylation is 2. The van der Waals surface area contributed by atoms with Crippen LogP contribution >= 0.6 is 23.1 Å². The Morgan fingerprint density at radius 1 is 1.56 bits per heavy atom. The summed E-state index contributed by atoms with van der Waals surface area (Å²) in [5.74, 6) is 2.17. The molecule has 1 aromatic rings. The van der Waals surface area contributed by atoms with E-state index in [0.29, 0.717) is 6.04 Å². The standard InChI is InChI=1S/C12H20N2S2/c1-5-7-15-8-6-13-9(2)12-10(3)14-11(4)16-12/h5,9,13H,1,6-8H2,2-4H3. The Hall–Kier alpha value is -0.320. The third-order valence-electron chi connectivity index (χ3n) is 2.27. The van der Waals surface area contributed by atoms with Gasteiger partial charge in [-0.15, -0.1) is 17.9 Å². The second-order valence-corrected chi connectivity index (χ2v) is 6.11. The normalized spacial score (nSPS) is 12.7. The van der Waals surface area contributed by atoms with Gasteiger partial charge < -0.3 is 5.32 Å². The van der Waals surface area contributed by atoms with Crippen molar-refractivity contribution in [3.05, 3.63) is 28.2 Å². The summed E-state index contributed by atoms with van der Waals surface area (Å²) >= 11 is 3.70. The molecule has 0 aliphatic carbocycles. The summed E-state index contributed by atoms with van der Waals surface area (Å²) in [5, 5.41) is 4.68. The number of rotatable bonds is 7. The smallest absolute Gasteiger partial charge is 0.0900 e. The van der Waals surface area contributed by atoms with E-state index >= 15 is 0 Å². The molecule has 0 bridgehead atoms. The van der Waals surface area contributed by atoms with Gasteiger partial charge in [0, 0.05) is 29.0 Å². The van der Waals surface area contributed by atoms with Gasteiger partial charge >= 0.3 is 0 Å². The first-order valence-corrected chi connectivity index (χ1v) is 7.48. The summed E-state index contributed by atoms with van der Waals surface area (Å²) in [6, 6.07) is 0.413. The van der Waals surface area contributed by atoms with Crippen molar-refractivity contribution < 1.29 is 0 Å². The predicted molar refractivity (Wildman–Crippen MR) is 75.5 cm³/mol. The van der Waals surface area contributed by atoms with Crippen molar-refractivity contribution >= 4 is 23.1 Å². The largest absolute Gasteiger partial charge is 0.309 e. The second kappa shape index (κ2) is 7.09. The third kappa shape index (κ3) is 4.28. The minimum Gasteiger partial charge on any atom is -0.309 e. The fourth-order valence-electron chi connectivity index (χ4n) is 1.56. The topological polar surface area (TPSA) is 24.9 Å². The summed E-state index contributed by atoms with van der Waals surface area (Å²) < 4.78 is 0. The second-order valence-electron chi connectivity index (χ2n) is 3.72. The lowest BCUT2D eigenvalue weighted by atomic mass is 10.2. The Morgan fingerprint density at radius 2 is 2.31 bits per heavy atom. The van der Waals surface area contributed by atoms with Gasteiger partial charge in [-0.2, -0.15) is 11.8 Å². The molecule has 0 saturated heterocycles. The molecular formula is C12H20N2S2. The van der Waals surface area contributed by atoms with Gasteiger partial charge in [-0.05, 0) is 20.8 Å². The lowest BCUT2D eigenvalue weighted by Gasteiger charge is -2.12. The molecule has 0 saturated carbocycles. The zero-order valence-electron chi connectivity index (χ0n) is 10.2. The molecule has 0 spiro atoms. The Morgan fingerprint density at radius 3 is 2.88 bits per heavy atom. The van der Waals surface area contributed by atoms with Crippen LogP contribution in [0.2, 0.25) is 0 Å². The maximum atomic E-state index is 4.45. The first-order chi connectivity index (χ1) is 7.65. The summed E-state index contributed by atoms with van der Waals surface area (Å²) in [6.45, 7) is 11.1. The number of hydrogen-bond acceptors (Lipinski definition) is 4. The van der Waals surface area contributed by atoms with Crippen molar-refractivity contribution in [3.8, 4) is 0 Å². The van der Waals surface area contributed by atoms with E-state index in [2.05, 4.69) is 37.7 Å². The Bertz CT molecular complexity index is 334. The molecule has 1 N–H and O–H groups in total. The molecule has 0 aliphatic heterocycles. The molecule has 0 amide bonds. The number of hydrogen-bond donors (Lipinski definition) is 1. The first kappa shape index (κ1) is 13.7. The van der Waals surface area contributed by atoms with Crippen molar-refractivity contribution in [2.75, 3.05) is 18.1 Å². The number of thioether (sulfide) groups is 1. The van der Waals surface area contributed by atoms with Crippen LogP contribution < -0.4 is 5.32 Å². The molecule has 1 aromatic heterocycles. The van der Waals surface area contributed by atoms with E-state index < -0.39 is 0 Å². The zero-order valence-corrected chi connectivity index (χ0v) is 11.9. The van der Waals surface area contributed by atoms with Crippen molar-refractivity contribution in [1.82, 2.24) is 10.3 Å². The molecule has 0 fully saturated rings. The van der Waals surface area contributed by atoms with Crippen LogP contribution in [0.3, 0.4) is 0 Å². The maximum Gasteiger partial charge on any atom is 0.0900 e. The average Bonchev–Trinajstić information content (AvgIpc) is 2.57. The van der Waals surface area contributed by atoms with E-state index in [0.717, 1.165) is 23.1 Å². The van der Waals surface area contributed by atoms with Crippen LogP contribution in [0, 0.1) is 13.8 Å². The van der Waals surface area contributed by atoms with Crippen molar-refractivity contribution in [2.45, 2.75) is 26.8 Å². The highest BCUT2D eigenvalue weighted by Gasteiger charge is 2.11. The fourth-order valence-corrected chi connectivity index (χ4v) is 3.11. The molecule has 90 valence electrons. The molecule has 1 atom stereocenters. The number of nitrogens with zero attached hydrogens (tertiary/aromatic N) is 1. The molecule has 0 aliphatic rings.